The second-order valence-electron chi connectivity index (χ2n) is 8.71. The van der Waals surface area contributed by atoms with E-state index in [0.29, 0.717) is 0 Å². The Kier molecular flexibility index (Phi) is 3.53. The molecule has 3 heterocycles. The Morgan fingerprint density at radius 2 is 1.03 bits per heavy atom. The summed E-state index contributed by atoms with van der Waals surface area (Å²) < 4.78 is 15.8. The Balaban J connectivity index is 1.53. The summed E-state index contributed by atoms with van der Waals surface area (Å²) in [6.45, 7) is 0. The lowest BCUT2D eigenvalue weighted by molar-refractivity contribution is 0.663. The van der Waals surface area contributed by atoms with Gasteiger partial charge in [-0.3, -0.25) is 0 Å². The van der Waals surface area contributed by atoms with Crippen LogP contribution in [-0.2, 0) is 0 Å². The maximum Gasteiger partial charge on any atom is 0.136 e. The molecular formula is C30H16BrNO2. The number of rotatable bonds is 1. The topological polar surface area (TPSA) is 31.2 Å². The lowest BCUT2D eigenvalue weighted by atomic mass is 10.0. The molecule has 0 spiro atoms. The molecular weight excluding hydrogens is 486 g/mol. The highest BCUT2D eigenvalue weighted by molar-refractivity contribution is 9.10. The Labute approximate surface area is 201 Å². The van der Waals surface area contributed by atoms with E-state index in [2.05, 4.69) is 93.3 Å². The minimum absolute atomic E-state index is 0.865. The minimum atomic E-state index is 0.865. The zero-order chi connectivity index (χ0) is 22.4. The molecule has 160 valence electrons. The van der Waals surface area contributed by atoms with Crippen LogP contribution >= 0.6 is 15.9 Å². The van der Waals surface area contributed by atoms with Crippen molar-refractivity contribution < 1.29 is 8.83 Å². The first-order valence-electron chi connectivity index (χ1n) is 11.2. The molecule has 0 saturated carbocycles. The van der Waals surface area contributed by atoms with Crippen LogP contribution in [-0.4, -0.2) is 4.57 Å². The maximum absolute atomic E-state index is 6.29. The second kappa shape index (κ2) is 6.52. The van der Waals surface area contributed by atoms with Gasteiger partial charge in [-0.15, -0.1) is 0 Å². The smallest absolute Gasteiger partial charge is 0.136 e. The molecule has 0 atom stereocenters. The van der Waals surface area contributed by atoms with Crippen LogP contribution < -0.4 is 0 Å². The van der Waals surface area contributed by atoms with Gasteiger partial charge in [-0.25, -0.2) is 0 Å². The van der Waals surface area contributed by atoms with Crippen molar-refractivity contribution in [3.05, 3.63) is 102 Å². The van der Waals surface area contributed by atoms with Gasteiger partial charge in [0.05, 0.1) is 11.0 Å². The monoisotopic (exact) mass is 501 g/mol. The molecule has 0 aliphatic heterocycles. The van der Waals surface area contributed by atoms with Crippen LogP contribution in [0.2, 0.25) is 0 Å². The predicted molar refractivity (Wildman–Crippen MR) is 143 cm³/mol. The van der Waals surface area contributed by atoms with Gasteiger partial charge in [-0.2, -0.15) is 0 Å². The number of hydrogen-bond donors (Lipinski definition) is 0. The molecule has 0 amide bonds. The molecule has 8 rings (SSSR count). The van der Waals surface area contributed by atoms with Crippen molar-refractivity contribution in [3.63, 3.8) is 0 Å². The van der Waals surface area contributed by atoms with Gasteiger partial charge in [-0.05, 0) is 60.7 Å². The molecule has 0 aliphatic carbocycles. The SMILES string of the molecule is Brc1ccc2oc3ccc4oc5ccc(-n6c7ccccc7c7ccccc76)cc5c4c3c2c1. The van der Waals surface area contributed by atoms with E-state index in [4.69, 9.17) is 8.83 Å². The van der Waals surface area contributed by atoms with Crippen molar-refractivity contribution >= 4 is 81.6 Å². The summed E-state index contributed by atoms with van der Waals surface area (Å²) in [5, 5.41) is 6.85. The van der Waals surface area contributed by atoms with Gasteiger partial charge in [-0.1, -0.05) is 52.3 Å². The summed E-state index contributed by atoms with van der Waals surface area (Å²) in [5.41, 5.74) is 6.97. The van der Waals surface area contributed by atoms with Crippen LogP contribution in [0.25, 0.3) is 71.4 Å². The third kappa shape index (κ3) is 2.36. The van der Waals surface area contributed by atoms with Crippen molar-refractivity contribution in [1.82, 2.24) is 4.57 Å². The van der Waals surface area contributed by atoms with Crippen LogP contribution in [0.15, 0.2) is 110 Å². The Morgan fingerprint density at radius 3 is 1.68 bits per heavy atom. The van der Waals surface area contributed by atoms with Crippen molar-refractivity contribution in [2.75, 3.05) is 0 Å². The molecule has 0 aliphatic rings. The van der Waals surface area contributed by atoms with Gasteiger partial charge in [0.2, 0.25) is 0 Å². The third-order valence-electron chi connectivity index (χ3n) is 6.85. The summed E-state index contributed by atoms with van der Waals surface area (Å²) in [5.74, 6) is 0. The van der Waals surface area contributed by atoms with Gasteiger partial charge in [0.25, 0.3) is 0 Å². The van der Waals surface area contributed by atoms with Crippen molar-refractivity contribution in [2.24, 2.45) is 0 Å². The van der Waals surface area contributed by atoms with Crippen molar-refractivity contribution in [1.29, 1.82) is 0 Å². The molecule has 0 N–H and O–H groups in total. The number of para-hydroxylation sites is 2. The number of fused-ring (bicyclic) bond motifs is 10. The molecule has 0 bridgehead atoms. The van der Waals surface area contributed by atoms with E-state index in [9.17, 15) is 0 Å². The molecule has 3 nitrogen and oxygen atoms in total. The molecule has 4 heteroatoms. The zero-order valence-corrected chi connectivity index (χ0v) is 19.5. The fraction of sp³-hybridized carbons (Fsp3) is 0. The highest BCUT2D eigenvalue weighted by atomic mass is 79.9. The quantitative estimate of drug-likeness (QED) is 0.224. The largest absolute Gasteiger partial charge is 0.456 e. The van der Waals surface area contributed by atoms with E-state index in [1.54, 1.807) is 0 Å². The summed E-state index contributed by atoms with van der Waals surface area (Å²) in [4.78, 5) is 0. The first-order valence-corrected chi connectivity index (χ1v) is 12.0. The fourth-order valence-corrected chi connectivity index (χ4v) is 5.80. The number of hydrogen-bond acceptors (Lipinski definition) is 2. The summed E-state index contributed by atoms with van der Waals surface area (Å²) in [6, 6.07) is 33.8. The molecule has 8 aromatic rings. The predicted octanol–water partition coefficient (Wildman–Crippen LogP) is 9.34. The van der Waals surface area contributed by atoms with E-state index in [1.807, 2.05) is 24.3 Å². The van der Waals surface area contributed by atoms with E-state index in [0.717, 1.165) is 54.0 Å². The average Bonchev–Trinajstić information content (AvgIpc) is 3.52. The maximum atomic E-state index is 6.29. The van der Waals surface area contributed by atoms with Gasteiger partial charge < -0.3 is 13.4 Å². The normalized spacial score (nSPS) is 12.3. The lowest BCUT2D eigenvalue weighted by Crippen LogP contribution is -1.93. The zero-order valence-electron chi connectivity index (χ0n) is 17.9. The van der Waals surface area contributed by atoms with Gasteiger partial charge >= 0.3 is 0 Å². The van der Waals surface area contributed by atoms with Crippen LogP contribution in [0.5, 0.6) is 0 Å². The van der Waals surface area contributed by atoms with Gasteiger partial charge in [0.1, 0.15) is 22.3 Å². The van der Waals surface area contributed by atoms with E-state index < -0.39 is 0 Å². The number of nitrogens with zero attached hydrogens (tertiary/aromatic N) is 1. The van der Waals surface area contributed by atoms with Gasteiger partial charge in [0, 0.05) is 42.5 Å². The standard InChI is InChI=1S/C30H16BrNO2/c31-17-9-11-25-21(15-17)29-27(33-25)13-14-28-30(29)22-16-18(10-12-26(22)34-28)32-23-7-3-1-5-19(23)20-6-2-4-8-24(20)32/h1-16H. The lowest BCUT2D eigenvalue weighted by Gasteiger charge is -2.08. The number of furan rings is 2. The van der Waals surface area contributed by atoms with Crippen LogP contribution in [0.1, 0.15) is 0 Å². The minimum Gasteiger partial charge on any atom is -0.456 e. The third-order valence-corrected chi connectivity index (χ3v) is 7.34. The fourth-order valence-electron chi connectivity index (χ4n) is 5.43. The van der Waals surface area contributed by atoms with Crippen LogP contribution in [0.4, 0.5) is 0 Å². The molecule has 34 heavy (non-hydrogen) atoms. The van der Waals surface area contributed by atoms with Crippen molar-refractivity contribution in [2.45, 2.75) is 0 Å². The number of aromatic nitrogens is 1. The number of halogens is 1. The summed E-state index contributed by atoms with van der Waals surface area (Å²) in [6.07, 6.45) is 0. The van der Waals surface area contributed by atoms with Crippen LogP contribution in [0.3, 0.4) is 0 Å². The molecule has 0 saturated heterocycles. The highest BCUT2D eigenvalue weighted by Crippen LogP contribution is 2.41. The molecule has 5 aromatic carbocycles. The van der Waals surface area contributed by atoms with E-state index in [1.165, 1.54) is 21.8 Å². The first-order chi connectivity index (χ1) is 16.8. The number of benzene rings is 5. The first kappa shape index (κ1) is 18.4. The van der Waals surface area contributed by atoms with Crippen molar-refractivity contribution in [3.8, 4) is 5.69 Å². The van der Waals surface area contributed by atoms with E-state index >= 15 is 0 Å². The second-order valence-corrected chi connectivity index (χ2v) is 9.62. The molecule has 0 radical (unpaired) electrons. The molecule has 0 fully saturated rings. The van der Waals surface area contributed by atoms with E-state index in [-0.39, 0.29) is 0 Å². The summed E-state index contributed by atoms with van der Waals surface area (Å²) in [7, 11) is 0. The molecule has 3 aromatic heterocycles. The average molecular weight is 502 g/mol. The Hall–Kier alpha value is -4.02. The Morgan fingerprint density at radius 1 is 0.500 bits per heavy atom. The molecule has 0 unspecified atom stereocenters. The highest BCUT2D eigenvalue weighted by Gasteiger charge is 2.18. The van der Waals surface area contributed by atoms with Crippen LogP contribution in [0, 0.1) is 0 Å². The Bertz CT molecular complexity index is 2040. The van der Waals surface area contributed by atoms with Gasteiger partial charge in [0.15, 0.2) is 0 Å². The summed E-state index contributed by atoms with van der Waals surface area (Å²) >= 11 is 3.62.